The van der Waals surface area contributed by atoms with Crippen molar-refractivity contribution in [2.45, 2.75) is 0 Å². The minimum Gasteiger partial charge on any atom is -0.342 e. The molecule has 98 valence electrons. The highest BCUT2D eigenvalue weighted by atomic mass is 79.9. The van der Waals surface area contributed by atoms with E-state index in [1.807, 2.05) is 0 Å². The first-order valence-electron chi connectivity index (χ1n) is 5.30. The number of H-pyrrole nitrogens is 1. The standard InChI is InChI=1S/C12H9BrClN3O2/c13-4-11(18)17-9-2-1-7(14)3-8(9)12(19)10-5-15-6-16-10/h1-3,5-6H,4H2,(H,15,16)(H,17,18). The first-order valence-corrected chi connectivity index (χ1v) is 6.80. The normalized spacial score (nSPS) is 10.2. The number of aromatic amines is 1. The van der Waals surface area contributed by atoms with E-state index in [1.54, 1.807) is 12.1 Å². The number of aromatic nitrogens is 2. The number of nitrogens with zero attached hydrogens (tertiary/aromatic N) is 1. The smallest absolute Gasteiger partial charge is 0.235 e. The summed E-state index contributed by atoms with van der Waals surface area (Å²) in [5.74, 6) is -0.536. The molecule has 0 fully saturated rings. The van der Waals surface area contributed by atoms with Crippen molar-refractivity contribution in [1.29, 1.82) is 0 Å². The van der Waals surface area contributed by atoms with Crippen LogP contribution in [0.2, 0.25) is 5.02 Å². The maximum absolute atomic E-state index is 12.3. The van der Waals surface area contributed by atoms with Gasteiger partial charge in [-0.05, 0) is 18.2 Å². The van der Waals surface area contributed by atoms with E-state index in [4.69, 9.17) is 11.6 Å². The van der Waals surface area contributed by atoms with Crippen molar-refractivity contribution < 1.29 is 9.59 Å². The quantitative estimate of drug-likeness (QED) is 0.662. The number of nitrogens with one attached hydrogen (secondary N) is 2. The molecule has 0 spiro atoms. The molecule has 1 aromatic heterocycles. The number of ketones is 1. The molecule has 5 nitrogen and oxygen atoms in total. The van der Waals surface area contributed by atoms with E-state index in [-0.39, 0.29) is 17.0 Å². The lowest BCUT2D eigenvalue weighted by molar-refractivity contribution is -0.113. The first-order chi connectivity index (χ1) is 9.11. The SMILES string of the molecule is O=C(CBr)Nc1ccc(Cl)cc1C(=O)c1cnc[nH]1. The molecule has 7 heteroatoms. The van der Waals surface area contributed by atoms with Gasteiger partial charge in [0.05, 0.1) is 23.5 Å². The van der Waals surface area contributed by atoms with Gasteiger partial charge in [-0.25, -0.2) is 4.98 Å². The lowest BCUT2D eigenvalue weighted by Crippen LogP contribution is -2.15. The van der Waals surface area contributed by atoms with Crippen LogP contribution < -0.4 is 5.32 Å². The molecule has 1 heterocycles. The number of hydrogen-bond donors (Lipinski definition) is 2. The summed E-state index contributed by atoms with van der Waals surface area (Å²) in [7, 11) is 0. The molecule has 2 N–H and O–H groups in total. The van der Waals surface area contributed by atoms with E-state index in [2.05, 4.69) is 31.2 Å². The predicted octanol–water partition coefficient (Wildman–Crippen LogP) is 2.63. The average molecular weight is 343 g/mol. The number of hydrogen-bond acceptors (Lipinski definition) is 3. The second kappa shape index (κ2) is 5.99. The number of rotatable bonds is 4. The lowest BCUT2D eigenvalue weighted by atomic mass is 10.1. The fraction of sp³-hybridized carbons (Fsp3) is 0.0833. The van der Waals surface area contributed by atoms with E-state index >= 15 is 0 Å². The van der Waals surface area contributed by atoms with Gasteiger partial charge < -0.3 is 10.3 Å². The molecule has 0 saturated heterocycles. The van der Waals surface area contributed by atoms with E-state index in [9.17, 15) is 9.59 Å². The predicted molar refractivity (Wildman–Crippen MR) is 75.9 cm³/mol. The molecule has 0 saturated carbocycles. The summed E-state index contributed by atoms with van der Waals surface area (Å²) >= 11 is 8.94. The Morgan fingerprint density at radius 1 is 1.42 bits per heavy atom. The Kier molecular flexibility index (Phi) is 4.34. The van der Waals surface area contributed by atoms with Crippen LogP contribution in [0.15, 0.2) is 30.7 Å². The number of amides is 1. The lowest BCUT2D eigenvalue weighted by Gasteiger charge is -2.09. The van der Waals surface area contributed by atoms with Crippen LogP contribution in [-0.4, -0.2) is 27.0 Å². The Bertz CT molecular complexity index is 613. The third kappa shape index (κ3) is 3.21. The molecule has 1 aromatic carbocycles. The van der Waals surface area contributed by atoms with Crippen LogP contribution in [0.1, 0.15) is 16.1 Å². The van der Waals surface area contributed by atoms with Crippen LogP contribution >= 0.6 is 27.5 Å². The molecule has 2 rings (SSSR count). The van der Waals surface area contributed by atoms with Gasteiger partial charge >= 0.3 is 0 Å². The number of carbonyl (C=O) groups is 2. The van der Waals surface area contributed by atoms with Crippen molar-refractivity contribution in [3.8, 4) is 0 Å². The monoisotopic (exact) mass is 341 g/mol. The van der Waals surface area contributed by atoms with Gasteiger partial charge in [-0.1, -0.05) is 27.5 Å². The Morgan fingerprint density at radius 3 is 2.84 bits per heavy atom. The van der Waals surface area contributed by atoms with Crippen molar-refractivity contribution in [2.75, 3.05) is 10.6 Å². The summed E-state index contributed by atoms with van der Waals surface area (Å²) in [5, 5.41) is 3.19. The van der Waals surface area contributed by atoms with E-state index < -0.39 is 0 Å². The highest BCUT2D eigenvalue weighted by molar-refractivity contribution is 9.09. The number of halogens is 2. The van der Waals surface area contributed by atoms with E-state index in [0.29, 0.717) is 22.0 Å². The Morgan fingerprint density at radius 2 is 2.21 bits per heavy atom. The van der Waals surface area contributed by atoms with Gasteiger partial charge in [-0.3, -0.25) is 9.59 Å². The number of alkyl halides is 1. The molecular formula is C12H9BrClN3O2. The molecule has 19 heavy (non-hydrogen) atoms. The Balaban J connectivity index is 2.40. The second-order valence-electron chi connectivity index (χ2n) is 3.67. The summed E-state index contributed by atoms with van der Waals surface area (Å²) in [6.07, 6.45) is 2.83. The Hall–Kier alpha value is -1.66. The third-order valence-electron chi connectivity index (χ3n) is 2.36. The van der Waals surface area contributed by atoms with Crippen molar-refractivity contribution in [3.63, 3.8) is 0 Å². The van der Waals surface area contributed by atoms with Gasteiger partial charge in [0.25, 0.3) is 0 Å². The molecule has 1 amide bonds. The molecular weight excluding hydrogens is 334 g/mol. The van der Waals surface area contributed by atoms with Crippen LogP contribution in [0.3, 0.4) is 0 Å². The molecule has 0 radical (unpaired) electrons. The van der Waals surface area contributed by atoms with Gasteiger partial charge in [0.2, 0.25) is 11.7 Å². The van der Waals surface area contributed by atoms with E-state index in [0.717, 1.165) is 0 Å². The molecule has 2 aromatic rings. The maximum atomic E-state index is 12.3. The van der Waals surface area contributed by atoms with Crippen molar-refractivity contribution >= 4 is 44.9 Å². The van der Waals surface area contributed by atoms with Gasteiger partial charge in [0, 0.05) is 10.6 Å². The molecule has 0 aliphatic rings. The maximum Gasteiger partial charge on any atom is 0.235 e. The zero-order chi connectivity index (χ0) is 13.8. The van der Waals surface area contributed by atoms with Crippen LogP contribution in [-0.2, 0) is 4.79 Å². The zero-order valence-corrected chi connectivity index (χ0v) is 12.0. The van der Waals surface area contributed by atoms with Crippen LogP contribution in [0, 0.1) is 0 Å². The van der Waals surface area contributed by atoms with Gasteiger partial charge in [0.1, 0.15) is 5.69 Å². The van der Waals surface area contributed by atoms with Crippen LogP contribution in [0.25, 0.3) is 0 Å². The van der Waals surface area contributed by atoms with E-state index in [1.165, 1.54) is 18.6 Å². The summed E-state index contributed by atoms with van der Waals surface area (Å²) in [5.41, 5.74) is 1.05. The molecule has 0 aliphatic heterocycles. The highest BCUT2D eigenvalue weighted by Crippen LogP contribution is 2.23. The van der Waals surface area contributed by atoms with Crippen LogP contribution in [0.4, 0.5) is 5.69 Å². The largest absolute Gasteiger partial charge is 0.342 e. The van der Waals surface area contributed by atoms with Gasteiger partial charge in [-0.15, -0.1) is 0 Å². The van der Waals surface area contributed by atoms with Gasteiger partial charge in [-0.2, -0.15) is 0 Å². The topological polar surface area (TPSA) is 74.8 Å². The molecule has 0 atom stereocenters. The summed E-state index contributed by atoms with van der Waals surface area (Å²) in [6, 6.07) is 4.70. The number of carbonyl (C=O) groups excluding carboxylic acids is 2. The van der Waals surface area contributed by atoms with Crippen LogP contribution in [0.5, 0.6) is 0 Å². The number of anilines is 1. The summed E-state index contributed by atoms with van der Waals surface area (Å²) < 4.78 is 0. The summed E-state index contributed by atoms with van der Waals surface area (Å²) in [6.45, 7) is 0. The number of imidazole rings is 1. The summed E-state index contributed by atoms with van der Waals surface area (Å²) in [4.78, 5) is 30.2. The van der Waals surface area contributed by atoms with Gasteiger partial charge in [0.15, 0.2) is 0 Å². The Labute approximate surface area is 122 Å². The first kappa shape index (κ1) is 13.8. The molecule has 0 bridgehead atoms. The second-order valence-corrected chi connectivity index (χ2v) is 4.66. The zero-order valence-electron chi connectivity index (χ0n) is 9.61. The average Bonchev–Trinajstić information content (AvgIpc) is 2.93. The number of benzene rings is 1. The van der Waals surface area contributed by atoms with Crippen molar-refractivity contribution in [1.82, 2.24) is 9.97 Å². The third-order valence-corrected chi connectivity index (χ3v) is 3.11. The molecule has 0 aliphatic carbocycles. The van der Waals surface area contributed by atoms with Crippen molar-refractivity contribution in [2.24, 2.45) is 0 Å². The minimum absolute atomic E-state index is 0.146. The highest BCUT2D eigenvalue weighted by Gasteiger charge is 2.16. The fourth-order valence-corrected chi connectivity index (χ4v) is 1.83. The fourth-order valence-electron chi connectivity index (χ4n) is 1.52. The minimum atomic E-state index is -0.287. The van der Waals surface area contributed by atoms with Crippen molar-refractivity contribution in [3.05, 3.63) is 47.0 Å². The molecule has 0 unspecified atom stereocenters.